The molecule has 0 radical (unpaired) electrons. The van der Waals surface area contributed by atoms with Crippen molar-refractivity contribution in [2.24, 2.45) is 12.0 Å². The third-order valence-electron chi connectivity index (χ3n) is 3.69. The predicted octanol–water partition coefficient (Wildman–Crippen LogP) is 2.10. The Morgan fingerprint density at radius 3 is 2.44 bits per heavy atom. The molecule has 0 aliphatic heterocycles. The molecular formula is C17H34IN7O2. The molecule has 1 aromatic rings. The molecule has 0 aromatic carbocycles. The van der Waals surface area contributed by atoms with Gasteiger partial charge in [0.1, 0.15) is 11.4 Å². The van der Waals surface area contributed by atoms with E-state index in [2.05, 4.69) is 38.1 Å². The number of aryl methyl sites for hydroxylation is 1. The Hall–Kier alpha value is -1.59. The number of nitrogens with zero attached hydrogens (tertiary/aromatic N) is 4. The highest BCUT2D eigenvalue weighted by Gasteiger charge is 2.19. The second kappa shape index (κ2) is 12.0. The van der Waals surface area contributed by atoms with Gasteiger partial charge in [-0.3, -0.25) is 4.99 Å². The van der Waals surface area contributed by atoms with Crippen LogP contribution in [-0.4, -0.2) is 52.1 Å². The van der Waals surface area contributed by atoms with E-state index in [0.29, 0.717) is 19.0 Å². The fourth-order valence-electron chi connectivity index (χ4n) is 2.26. The Labute approximate surface area is 179 Å². The number of carbonyl (C=O) groups is 1. The third kappa shape index (κ3) is 9.78. The lowest BCUT2D eigenvalue weighted by atomic mass is 10.1. The van der Waals surface area contributed by atoms with E-state index in [4.69, 9.17) is 4.74 Å². The summed E-state index contributed by atoms with van der Waals surface area (Å²) in [7, 11) is 3.62. The summed E-state index contributed by atoms with van der Waals surface area (Å²) in [5.74, 6) is 2.31. The largest absolute Gasteiger partial charge is 0.444 e. The maximum atomic E-state index is 12.0. The highest BCUT2D eigenvalue weighted by atomic mass is 127. The Kier molecular flexibility index (Phi) is 11.3. The minimum Gasteiger partial charge on any atom is -0.444 e. The molecule has 1 atom stereocenters. The Bertz CT molecular complexity index is 611. The zero-order chi connectivity index (χ0) is 19.7. The van der Waals surface area contributed by atoms with Crippen LogP contribution in [0.25, 0.3) is 0 Å². The van der Waals surface area contributed by atoms with Gasteiger partial charge in [0, 0.05) is 26.7 Å². The standard InChI is InChI=1S/C17H33N7O2.HI/c1-8-9-13(21-16(25)26-17(3,4)5)10-19-15(18-6)20-11-14-23-22-12(2)24(14)7;/h13H,8-11H2,1-7H3,(H,21,25)(H2,18,19,20);1H. The van der Waals surface area contributed by atoms with Gasteiger partial charge in [0.05, 0.1) is 6.54 Å². The molecule has 10 heteroatoms. The minimum atomic E-state index is -0.514. The molecule has 0 fully saturated rings. The molecule has 0 spiro atoms. The van der Waals surface area contributed by atoms with Crippen LogP contribution in [0.15, 0.2) is 4.99 Å². The molecule has 0 aliphatic carbocycles. The number of halogens is 1. The van der Waals surface area contributed by atoms with Crippen LogP contribution in [0.4, 0.5) is 4.79 Å². The number of aliphatic imine (C=N–C) groups is 1. The van der Waals surface area contributed by atoms with Gasteiger partial charge in [0.15, 0.2) is 11.8 Å². The van der Waals surface area contributed by atoms with Gasteiger partial charge in [-0.15, -0.1) is 34.2 Å². The average Bonchev–Trinajstić information content (AvgIpc) is 2.85. The zero-order valence-corrected chi connectivity index (χ0v) is 19.7. The van der Waals surface area contributed by atoms with Crippen molar-refractivity contribution in [3.05, 3.63) is 11.6 Å². The molecule has 1 unspecified atom stereocenters. The average molecular weight is 495 g/mol. The first-order valence-corrected chi connectivity index (χ1v) is 8.95. The van der Waals surface area contributed by atoms with E-state index in [1.54, 1.807) is 7.05 Å². The molecule has 1 amide bonds. The van der Waals surface area contributed by atoms with Crippen molar-refractivity contribution in [2.75, 3.05) is 13.6 Å². The fraction of sp³-hybridized carbons (Fsp3) is 0.765. The number of carbonyl (C=O) groups excluding carboxylic acids is 1. The number of guanidine groups is 1. The topological polar surface area (TPSA) is 105 Å². The molecule has 1 aromatic heterocycles. The van der Waals surface area contributed by atoms with E-state index in [-0.39, 0.29) is 30.0 Å². The summed E-state index contributed by atoms with van der Waals surface area (Å²) in [6.45, 7) is 10.6. The Morgan fingerprint density at radius 2 is 1.96 bits per heavy atom. The summed E-state index contributed by atoms with van der Waals surface area (Å²) in [4.78, 5) is 16.2. The zero-order valence-electron chi connectivity index (χ0n) is 17.4. The smallest absolute Gasteiger partial charge is 0.407 e. The lowest BCUT2D eigenvalue weighted by Gasteiger charge is -2.24. The van der Waals surface area contributed by atoms with Crippen molar-refractivity contribution >= 4 is 36.0 Å². The third-order valence-corrected chi connectivity index (χ3v) is 3.69. The van der Waals surface area contributed by atoms with Crippen molar-refractivity contribution < 1.29 is 9.53 Å². The van der Waals surface area contributed by atoms with E-state index in [1.165, 1.54) is 0 Å². The highest BCUT2D eigenvalue weighted by Crippen LogP contribution is 2.07. The molecule has 9 nitrogen and oxygen atoms in total. The number of nitrogens with one attached hydrogen (secondary N) is 3. The van der Waals surface area contributed by atoms with Crippen LogP contribution < -0.4 is 16.0 Å². The summed E-state index contributed by atoms with van der Waals surface area (Å²) in [6, 6.07) is -0.0505. The van der Waals surface area contributed by atoms with Crippen LogP contribution in [-0.2, 0) is 18.3 Å². The summed E-state index contributed by atoms with van der Waals surface area (Å²) in [5, 5.41) is 17.5. The number of aromatic nitrogens is 3. The molecule has 1 rings (SSSR count). The summed E-state index contributed by atoms with van der Waals surface area (Å²) in [5.41, 5.74) is -0.514. The second-order valence-corrected chi connectivity index (χ2v) is 7.16. The van der Waals surface area contributed by atoms with E-state index < -0.39 is 11.7 Å². The van der Waals surface area contributed by atoms with E-state index in [9.17, 15) is 4.79 Å². The second-order valence-electron chi connectivity index (χ2n) is 7.16. The van der Waals surface area contributed by atoms with E-state index in [0.717, 1.165) is 24.5 Å². The Balaban J connectivity index is 0.00000676. The van der Waals surface area contributed by atoms with Gasteiger partial charge in [-0.05, 0) is 34.1 Å². The molecule has 3 N–H and O–H groups in total. The minimum absolute atomic E-state index is 0. The maximum absolute atomic E-state index is 12.0. The number of amides is 1. The van der Waals surface area contributed by atoms with Crippen molar-refractivity contribution in [1.29, 1.82) is 0 Å². The first kappa shape index (κ1) is 25.4. The number of alkyl carbamates (subject to hydrolysis) is 1. The van der Waals surface area contributed by atoms with Crippen LogP contribution in [0.5, 0.6) is 0 Å². The summed E-state index contributed by atoms with van der Waals surface area (Å²) < 4.78 is 7.25. The fourth-order valence-corrected chi connectivity index (χ4v) is 2.26. The molecular weight excluding hydrogens is 461 g/mol. The quantitative estimate of drug-likeness (QED) is 0.304. The van der Waals surface area contributed by atoms with Gasteiger partial charge in [-0.2, -0.15) is 0 Å². The lowest BCUT2D eigenvalue weighted by Crippen LogP contribution is -2.48. The number of rotatable bonds is 7. The van der Waals surface area contributed by atoms with E-state index >= 15 is 0 Å². The van der Waals surface area contributed by atoms with Crippen LogP contribution in [0.2, 0.25) is 0 Å². The van der Waals surface area contributed by atoms with Crippen LogP contribution >= 0.6 is 24.0 Å². The molecule has 0 saturated heterocycles. The monoisotopic (exact) mass is 495 g/mol. The number of ether oxygens (including phenoxy) is 1. The Morgan fingerprint density at radius 1 is 1.30 bits per heavy atom. The molecule has 0 saturated carbocycles. The normalized spacial score (nSPS) is 12.8. The van der Waals surface area contributed by atoms with Crippen molar-refractivity contribution in [3.63, 3.8) is 0 Å². The molecule has 156 valence electrons. The van der Waals surface area contributed by atoms with Gasteiger partial charge in [-0.25, -0.2) is 4.79 Å². The van der Waals surface area contributed by atoms with Gasteiger partial charge in [-0.1, -0.05) is 13.3 Å². The van der Waals surface area contributed by atoms with Gasteiger partial charge >= 0.3 is 6.09 Å². The maximum Gasteiger partial charge on any atom is 0.407 e. The van der Waals surface area contributed by atoms with Crippen LogP contribution in [0.3, 0.4) is 0 Å². The first-order chi connectivity index (χ1) is 12.2. The van der Waals surface area contributed by atoms with Gasteiger partial charge < -0.3 is 25.3 Å². The van der Waals surface area contributed by atoms with Crippen molar-refractivity contribution in [1.82, 2.24) is 30.7 Å². The van der Waals surface area contributed by atoms with Gasteiger partial charge in [0.2, 0.25) is 0 Å². The first-order valence-electron chi connectivity index (χ1n) is 8.95. The van der Waals surface area contributed by atoms with Crippen molar-refractivity contribution in [2.45, 2.75) is 65.6 Å². The van der Waals surface area contributed by atoms with Crippen LogP contribution in [0.1, 0.15) is 52.2 Å². The molecule has 0 bridgehead atoms. The van der Waals surface area contributed by atoms with Crippen molar-refractivity contribution in [3.8, 4) is 0 Å². The highest BCUT2D eigenvalue weighted by molar-refractivity contribution is 14.0. The molecule has 0 aliphatic rings. The lowest BCUT2D eigenvalue weighted by molar-refractivity contribution is 0.0502. The summed E-state index contributed by atoms with van der Waals surface area (Å²) >= 11 is 0. The molecule has 1 heterocycles. The van der Waals surface area contributed by atoms with Crippen LogP contribution in [0, 0.1) is 6.92 Å². The predicted molar refractivity (Wildman–Crippen MR) is 117 cm³/mol. The SMILES string of the molecule is CCCC(CNC(=NC)NCc1nnc(C)n1C)NC(=O)OC(C)(C)C.I. The number of hydrogen-bond acceptors (Lipinski definition) is 5. The van der Waals surface area contributed by atoms with Gasteiger partial charge in [0.25, 0.3) is 0 Å². The molecule has 27 heavy (non-hydrogen) atoms. The number of hydrogen-bond donors (Lipinski definition) is 3. The summed E-state index contributed by atoms with van der Waals surface area (Å²) in [6.07, 6.45) is 1.38. The van der Waals surface area contributed by atoms with E-state index in [1.807, 2.05) is 39.3 Å².